The lowest BCUT2D eigenvalue weighted by molar-refractivity contribution is -0.120. The highest BCUT2D eigenvalue weighted by atomic mass is 32.2. The molecule has 1 amide bonds. The van der Waals surface area contributed by atoms with E-state index < -0.39 is 15.4 Å². The molecule has 1 aromatic carbocycles. The molecule has 1 atom stereocenters. The molecule has 2 heterocycles. The predicted octanol–water partition coefficient (Wildman–Crippen LogP) is 1.05. The van der Waals surface area contributed by atoms with Gasteiger partial charge in [-0.05, 0) is 25.5 Å². The number of sulfone groups is 1. The predicted molar refractivity (Wildman–Crippen MR) is 91.9 cm³/mol. The lowest BCUT2D eigenvalue weighted by Crippen LogP contribution is -2.47. The van der Waals surface area contributed by atoms with Crippen LogP contribution in [0.5, 0.6) is 0 Å². The number of para-hydroxylation sites is 1. The van der Waals surface area contributed by atoms with E-state index in [1.165, 1.54) is 11.8 Å². The maximum absolute atomic E-state index is 12.2. The van der Waals surface area contributed by atoms with E-state index in [1.54, 1.807) is 17.8 Å². The number of nitrogens with zero attached hydrogens (tertiary/aromatic N) is 3. The fourth-order valence-corrected chi connectivity index (χ4v) is 5.52. The van der Waals surface area contributed by atoms with Crippen LogP contribution in [0.15, 0.2) is 41.8 Å². The maximum Gasteiger partial charge on any atom is 0.230 e. The number of rotatable bonds is 5. The Morgan fingerprint density at radius 3 is 2.79 bits per heavy atom. The first-order chi connectivity index (χ1) is 11.4. The molecule has 1 N–H and O–H groups in total. The molecule has 3 rings (SSSR count). The SMILES string of the molecule is C[C@@]1(NC(=O)CSc2nncn2-c2ccccc2)CCS(=O)(=O)C1. The summed E-state index contributed by atoms with van der Waals surface area (Å²) in [4.78, 5) is 12.2. The van der Waals surface area contributed by atoms with Crippen LogP contribution in [0, 0.1) is 0 Å². The molecular weight excluding hydrogens is 348 g/mol. The van der Waals surface area contributed by atoms with E-state index in [4.69, 9.17) is 0 Å². The number of hydrogen-bond donors (Lipinski definition) is 1. The molecule has 1 aliphatic rings. The monoisotopic (exact) mass is 366 g/mol. The molecule has 2 aromatic rings. The largest absolute Gasteiger partial charge is 0.349 e. The van der Waals surface area contributed by atoms with Crippen molar-refractivity contribution in [2.75, 3.05) is 17.3 Å². The van der Waals surface area contributed by atoms with E-state index in [-0.39, 0.29) is 23.2 Å². The zero-order chi connectivity index (χ0) is 17.2. The van der Waals surface area contributed by atoms with Gasteiger partial charge >= 0.3 is 0 Å². The van der Waals surface area contributed by atoms with Gasteiger partial charge in [0, 0.05) is 5.69 Å². The van der Waals surface area contributed by atoms with E-state index in [9.17, 15) is 13.2 Å². The smallest absolute Gasteiger partial charge is 0.230 e. The normalized spacial score (nSPS) is 22.4. The summed E-state index contributed by atoms with van der Waals surface area (Å²) in [6, 6.07) is 9.61. The standard InChI is InChI=1S/C15H18N4O3S2/c1-15(7-8-24(21,22)10-15)17-13(20)9-23-14-18-16-11-19(14)12-5-3-2-4-6-12/h2-6,11H,7-10H2,1H3,(H,17,20)/t15-/m1/s1. The molecule has 7 nitrogen and oxygen atoms in total. The second kappa shape index (κ2) is 6.56. The number of carbonyl (C=O) groups is 1. The van der Waals surface area contributed by atoms with Gasteiger partial charge in [0.1, 0.15) is 6.33 Å². The summed E-state index contributed by atoms with van der Waals surface area (Å²) in [6.45, 7) is 1.77. The Morgan fingerprint density at radius 2 is 2.12 bits per heavy atom. The van der Waals surface area contributed by atoms with Crippen molar-refractivity contribution in [2.24, 2.45) is 0 Å². The van der Waals surface area contributed by atoms with Crippen LogP contribution in [0.4, 0.5) is 0 Å². The summed E-state index contributed by atoms with van der Waals surface area (Å²) >= 11 is 1.27. The van der Waals surface area contributed by atoms with E-state index >= 15 is 0 Å². The van der Waals surface area contributed by atoms with Crippen LogP contribution in [0.3, 0.4) is 0 Å². The molecule has 0 unspecified atom stereocenters. The van der Waals surface area contributed by atoms with Crippen molar-refractivity contribution in [1.29, 1.82) is 0 Å². The number of benzene rings is 1. The number of carbonyl (C=O) groups excluding carboxylic acids is 1. The van der Waals surface area contributed by atoms with Crippen LogP contribution in [-0.2, 0) is 14.6 Å². The average Bonchev–Trinajstić information content (AvgIpc) is 3.10. The molecule has 0 radical (unpaired) electrons. The van der Waals surface area contributed by atoms with Crippen molar-refractivity contribution in [2.45, 2.75) is 24.0 Å². The van der Waals surface area contributed by atoms with Gasteiger partial charge in [0.2, 0.25) is 5.91 Å². The second-order valence-corrected chi connectivity index (χ2v) is 9.19. The van der Waals surface area contributed by atoms with Gasteiger partial charge in [0.25, 0.3) is 0 Å². The van der Waals surface area contributed by atoms with E-state index in [0.29, 0.717) is 11.6 Å². The summed E-state index contributed by atoms with van der Waals surface area (Å²) in [5.74, 6) is 0.0685. The van der Waals surface area contributed by atoms with Crippen LogP contribution >= 0.6 is 11.8 Å². The van der Waals surface area contributed by atoms with Crippen molar-refractivity contribution in [3.05, 3.63) is 36.7 Å². The fourth-order valence-electron chi connectivity index (χ4n) is 2.70. The first-order valence-corrected chi connectivity index (χ1v) is 10.3. The summed E-state index contributed by atoms with van der Waals surface area (Å²) in [6.07, 6.45) is 2.05. The molecule has 0 bridgehead atoms. The Labute approximate surface area is 144 Å². The zero-order valence-corrected chi connectivity index (χ0v) is 14.8. The van der Waals surface area contributed by atoms with Gasteiger partial charge < -0.3 is 5.32 Å². The Bertz CT molecular complexity index is 835. The molecule has 1 aliphatic heterocycles. The quantitative estimate of drug-likeness (QED) is 0.795. The van der Waals surface area contributed by atoms with Crippen LogP contribution in [0.1, 0.15) is 13.3 Å². The van der Waals surface area contributed by atoms with Gasteiger partial charge in [-0.2, -0.15) is 0 Å². The van der Waals surface area contributed by atoms with Crippen LogP contribution in [0.2, 0.25) is 0 Å². The maximum atomic E-state index is 12.2. The highest BCUT2D eigenvalue weighted by molar-refractivity contribution is 7.99. The second-order valence-electron chi connectivity index (χ2n) is 6.06. The summed E-state index contributed by atoms with van der Waals surface area (Å²) in [7, 11) is -3.05. The number of hydrogen-bond acceptors (Lipinski definition) is 6. The van der Waals surface area contributed by atoms with Crippen molar-refractivity contribution < 1.29 is 13.2 Å². The third-order valence-electron chi connectivity index (χ3n) is 3.83. The van der Waals surface area contributed by atoms with Gasteiger partial charge in [-0.25, -0.2) is 8.42 Å². The Morgan fingerprint density at radius 1 is 1.38 bits per heavy atom. The topological polar surface area (TPSA) is 93.9 Å². The average molecular weight is 366 g/mol. The van der Waals surface area contributed by atoms with E-state index in [1.807, 2.05) is 30.3 Å². The molecular formula is C15H18N4O3S2. The van der Waals surface area contributed by atoms with Crippen molar-refractivity contribution >= 4 is 27.5 Å². The minimum Gasteiger partial charge on any atom is -0.349 e. The van der Waals surface area contributed by atoms with Crippen molar-refractivity contribution in [3.8, 4) is 5.69 Å². The lowest BCUT2D eigenvalue weighted by Gasteiger charge is -2.23. The van der Waals surface area contributed by atoms with Gasteiger partial charge in [-0.1, -0.05) is 30.0 Å². The molecule has 24 heavy (non-hydrogen) atoms. The first kappa shape index (κ1) is 17.0. The summed E-state index contributed by atoms with van der Waals surface area (Å²) in [5.41, 5.74) is 0.239. The van der Waals surface area contributed by atoms with Crippen molar-refractivity contribution in [3.63, 3.8) is 0 Å². The third-order valence-corrected chi connectivity index (χ3v) is 6.67. The Hall–Kier alpha value is -1.87. The van der Waals surface area contributed by atoms with Crippen molar-refractivity contribution in [1.82, 2.24) is 20.1 Å². The summed E-state index contributed by atoms with van der Waals surface area (Å²) in [5, 5.41) is 11.4. The number of thioether (sulfide) groups is 1. The van der Waals surface area contributed by atoms with Crippen LogP contribution in [-0.4, -0.2) is 51.9 Å². The third kappa shape index (κ3) is 3.96. The number of aromatic nitrogens is 3. The number of nitrogens with one attached hydrogen (secondary N) is 1. The van der Waals surface area contributed by atoms with E-state index in [2.05, 4.69) is 15.5 Å². The van der Waals surface area contributed by atoms with Crippen LogP contribution < -0.4 is 5.32 Å². The molecule has 1 saturated heterocycles. The molecule has 1 fully saturated rings. The minimum absolute atomic E-state index is 0.00337. The van der Waals surface area contributed by atoms with Gasteiger partial charge in [-0.3, -0.25) is 9.36 Å². The molecule has 0 saturated carbocycles. The number of amides is 1. The lowest BCUT2D eigenvalue weighted by atomic mass is 10.0. The fraction of sp³-hybridized carbons (Fsp3) is 0.400. The Balaban J connectivity index is 1.61. The molecule has 0 spiro atoms. The van der Waals surface area contributed by atoms with Gasteiger partial charge in [0.15, 0.2) is 15.0 Å². The zero-order valence-electron chi connectivity index (χ0n) is 13.2. The van der Waals surface area contributed by atoms with E-state index in [0.717, 1.165) is 5.69 Å². The highest BCUT2D eigenvalue weighted by Gasteiger charge is 2.39. The van der Waals surface area contributed by atoms with Crippen LogP contribution in [0.25, 0.3) is 5.69 Å². The Kier molecular flexibility index (Phi) is 4.64. The molecule has 9 heteroatoms. The molecule has 0 aliphatic carbocycles. The first-order valence-electron chi connectivity index (χ1n) is 7.47. The highest BCUT2D eigenvalue weighted by Crippen LogP contribution is 2.24. The van der Waals surface area contributed by atoms with Gasteiger partial charge in [-0.15, -0.1) is 10.2 Å². The summed E-state index contributed by atoms with van der Waals surface area (Å²) < 4.78 is 25.0. The molecule has 128 valence electrons. The molecule has 1 aromatic heterocycles. The van der Waals surface area contributed by atoms with Gasteiger partial charge in [0.05, 0.1) is 22.8 Å². The minimum atomic E-state index is -3.05.